The molecule has 1 amide bonds. The summed E-state index contributed by atoms with van der Waals surface area (Å²) in [6.07, 6.45) is 7.23. The van der Waals surface area contributed by atoms with Crippen LogP contribution in [0.4, 0.5) is 0 Å². The number of hydrogen-bond acceptors (Lipinski definition) is 4. The number of unbranched alkanes of at least 4 members (excludes halogenated alkanes) is 1. The number of carboxylic acids is 1. The van der Waals surface area contributed by atoms with Gasteiger partial charge in [-0.05, 0) is 12.0 Å². The Morgan fingerprint density at radius 2 is 2.00 bits per heavy atom. The van der Waals surface area contributed by atoms with Crippen LogP contribution in [0.5, 0.6) is 0 Å². The highest BCUT2D eigenvalue weighted by atomic mass is 16.5. The van der Waals surface area contributed by atoms with Gasteiger partial charge >= 0.3 is 5.97 Å². The number of carbonyl (C=O) groups is 2. The van der Waals surface area contributed by atoms with E-state index >= 15 is 0 Å². The molecule has 2 N–H and O–H groups in total. The summed E-state index contributed by atoms with van der Waals surface area (Å²) in [4.78, 5) is 27.1. The first kappa shape index (κ1) is 21.3. The van der Waals surface area contributed by atoms with Crippen molar-refractivity contribution in [3.8, 4) is 0 Å². The lowest BCUT2D eigenvalue weighted by atomic mass is 9.86. The van der Waals surface area contributed by atoms with Gasteiger partial charge in [-0.2, -0.15) is 0 Å². The maximum absolute atomic E-state index is 13.2. The number of ether oxygens (including phenoxy) is 1. The van der Waals surface area contributed by atoms with Gasteiger partial charge in [0.2, 0.25) is 5.91 Å². The molecule has 3 rings (SSSR count). The Morgan fingerprint density at radius 1 is 1.28 bits per heavy atom. The van der Waals surface area contributed by atoms with E-state index in [9.17, 15) is 14.7 Å². The molecule has 0 spiro atoms. The van der Waals surface area contributed by atoms with E-state index in [1.807, 2.05) is 47.4 Å². The standard InChI is InChI=1S/C23H30N2O4/c1-3-5-11-17(22(26)24-15-16-9-7-6-8-10-16)25(14-4-2)21-19-13-12-18(29-19)20(21)23(27)28/h4,6-10,12-13,17-21H,2-3,5,11,14-15H2,1H3,(H,24,26)(H,27,28)/t17-,18?,19?,20?,21?/m1/s1. The van der Waals surface area contributed by atoms with Crippen LogP contribution in [0.25, 0.3) is 0 Å². The fourth-order valence-electron chi connectivity index (χ4n) is 4.32. The highest BCUT2D eigenvalue weighted by Crippen LogP contribution is 2.38. The van der Waals surface area contributed by atoms with Crippen LogP contribution in [0.1, 0.15) is 31.7 Å². The molecule has 1 aromatic carbocycles. The van der Waals surface area contributed by atoms with Crippen molar-refractivity contribution >= 4 is 11.9 Å². The topological polar surface area (TPSA) is 78.9 Å². The molecule has 4 unspecified atom stereocenters. The number of nitrogens with one attached hydrogen (secondary N) is 1. The fourth-order valence-corrected chi connectivity index (χ4v) is 4.32. The lowest BCUT2D eigenvalue weighted by Crippen LogP contribution is -2.57. The zero-order valence-corrected chi connectivity index (χ0v) is 16.9. The lowest BCUT2D eigenvalue weighted by molar-refractivity contribution is -0.145. The molecule has 1 saturated heterocycles. The van der Waals surface area contributed by atoms with Gasteiger partial charge in [-0.25, -0.2) is 0 Å². The van der Waals surface area contributed by atoms with Gasteiger partial charge in [0.05, 0.1) is 24.3 Å². The molecule has 6 heteroatoms. The summed E-state index contributed by atoms with van der Waals surface area (Å²) in [7, 11) is 0. The molecule has 2 heterocycles. The van der Waals surface area contributed by atoms with Gasteiger partial charge < -0.3 is 15.2 Å². The van der Waals surface area contributed by atoms with Crippen molar-refractivity contribution in [2.45, 2.75) is 57.0 Å². The fraction of sp³-hybridized carbons (Fsp3) is 0.478. The molecule has 0 aliphatic carbocycles. The van der Waals surface area contributed by atoms with Gasteiger partial charge in [-0.1, -0.05) is 68.3 Å². The number of carbonyl (C=O) groups excluding carboxylic acids is 1. The zero-order chi connectivity index (χ0) is 20.8. The van der Waals surface area contributed by atoms with Crippen molar-refractivity contribution in [3.63, 3.8) is 0 Å². The van der Waals surface area contributed by atoms with Crippen LogP contribution in [0.3, 0.4) is 0 Å². The van der Waals surface area contributed by atoms with Crippen molar-refractivity contribution in [1.29, 1.82) is 0 Å². The zero-order valence-electron chi connectivity index (χ0n) is 16.9. The molecule has 29 heavy (non-hydrogen) atoms. The first-order valence-electron chi connectivity index (χ1n) is 10.3. The minimum Gasteiger partial charge on any atom is -0.481 e. The summed E-state index contributed by atoms with van der Waals surface area (Å²) < 4.78 is 5.85. The Labute approximate surface area is 172 Å². The molecule has 2 bridgehead atoms. The highest BCUT2D eigenvalue weighted by Gasteiger charge is 2.53. The quantitative estimate of drug-likeness (QED) is 0.561. The second-order valence-electron chi connectivity index (χ2n) is 7.65. The number of rotatable bonds is 11. The number of amides is 1. The normalized spacial score (nSPS) is 25.9. The number of carboxylic acid groups (broad SMARTS) is 1. The number of benzene rings is 1. The number of aliphatic carboxylic acids is 1. The second-order valence-corrected chi connectivity index (χ2v) is 7.65. The Morgan fingerprint density at radius 3 is 2.66 bits per heavy atom. The van der Waals surface area contributed by atoms with Crippen LogP contribution in [0.15, 0.2) is 55.1 Å². The van der Waals surface area contributed by atoms with E-state index in [1.165, 1.54) is 0 Å². The van der Waals surface area contributed by atoms with Gasteiger partial charge in [-0.3, -0.25) is 14.5 Å². The molecule has 2 aliphatic heterocycles. The minimum absolute atomic E-state index is 0.0833. The van der Waals surface area contributed by atoms with E-state index in [4.69, 9.17) is 4.74 Å². The molecule has 2 aliphatic rings. The van der Waals surface area contributed by atoms with E-state index in [2.05, 4.69) is 18.8 Å². The van der Waals surface area contributed by atoms with Gasteiger partial charge in [0.1, 0.15) is 5.92 Å². The first-order valence-corrected chi connectivity index (χ1v) is 10.3. The second kappa shape index (κ2) is 9.85. The van der Waals surface area contributed by atoms with Gasteiger partial charge in [0, 0.05) is 13.1 Å². The SMILES string of the molecule is C=CCN(C1C2C=CC(O2)C1C(=O)O)[C@H](CCCC)C(=O)NCc1ccccc1. The molecule has 6 nitrogen and oxygen atoms in total. The number of nitrogens with zero attached hydrogens (tertiary/aromatic N) is 1. The third-order valence-electron chi connectivity index (χ3n) is 5.71. The minimum atomic E-state index is -0.889. The summed E-state index contributed by atoms with van der Waals surface area (Å²) >= 11 is 0. The van der Waals surface area contributed by atoms with E-state index in [1.54, 1.807) is 6.08 Å². The third-order valence-corrected chi connectivity index (χ3v) is 5.71. The first-order chi connectivity index (χ1) is 14.1. The Kier molecular flexibility index (Phi) is 7.23. The number of hydrogen-bond donors (Lipinski definition) is 2. The lowest BCUT2D eigenvalue weighted by Gasteiger charge is -2.38. The number of fused-ring (bicyclic) bond motifs is 2. The molecule has 0 radical (unpaired) electrons. The smallest absolute Gasteiger partial charge is 0.311 e. The van der Waals surface area contributed by atoms with Gasteiger partial charge in [0.15, 0.2) is 0 Å². The van der Waals surface area contributed by atoms with Crippen LogP contribution < -0.4 is 5.32 Å². The third kappa shape index (κ3) is 4.77. The van der Waals surface area contributed by atoms with Crippen LogP contribution in [-0.4, -0.2) is 52.7 Å². The monoisotopic (exact) mass is 398 g/mol. The van der Waals surface area contributed by atoms with Crippen molar-refractivity contribution < 1.29 is 19.4 Å². The average molecular weight is 399 g/mol. The van der Waals surface area contributed by atoms with E-state index in [0.717, 1.165) is 18.4 Å². The largest absolute Gasteiger partial charge is 0.481 e. The van der Waals surface area contributed by atoms with Crippen molar-refractivity contribution in [2.24, 2.45) is 5.92 Å². The molecule has 1 aromatic rings. The van der Waals surface area contributed by atoms with E-state index < -0.39 is 24.0 Å². The maximum atomic E-state index is 13.2. The highest BCUT2D eigenvalue weighted by molar-refractivity contribution is 5.82. The molecule has 0 saturated carbocycles. The van der Waals surface area contributed by atoms with Crippen LogP contribution in [-0.2, 0) is 20.9 Å². The van der Waals surface area contributed by atoms with Crippen LogP contribution >= 0.6 is 0 Å². The molecule has 0 aromatic heterocycles. The van der Waals surface area contributed by atoms with Gasteiger partial charge in [0.25, 0.3) is 0 Å². The average Bonchev–Trinajstić information content (AvgIpc) is 3.34. The van der Waals surface area contributed by atoms with Crippen LogP contribution in [0, 0.1) is 5.92 Å². The molecular formula is C23H30N2O4. The predicted molar refractivity (Wildman–Crippen MR) is 111 cm³/mol. The Hall–Kier alpha value is -2.44. The summed E-state index contributed by atoms with van der Waals surface area (Å²) in [6, 6.07) is 8.95. The van der Waals surface area contributed by atoms with E-state index in [0.29, 0.717) is 19.5 Å². The predicted octanol–water partition coefficient (Wildman–Crippen LogP) is 2.76. The molecule has 5 atom stereocenters. The molecular weight excluding hydrogens is 368 g/mol. The van der Waals surface area contributed by atoms with Crippen LogP contribution in [0.2, 0.25) is 0 Å². The van der Waals surface area contributed by atoms with Gasteiger partial charge in [-0.15, -0.1) is 6.58 Å². The summed E-state index contributed by atoms with van der Waals surface area (Å²) in [5.74, 6) is -1.66. The maximum Gasteiger partial charge on any atom is 0.311 e. The van der Waals surface area contributed by atoms with E-state index in [-0.39, 0.29) is 18.1 Å². The molecule has 1 fully saturated rings. The summed E-state index contributed by atoms with van der Waals surface area (Å²) in [5, 5.41) is 12.8. The Bertz CT molecular complexity index is 749. The summed E-state index contributed by atoms with van der Waals surface area (Å²) in [5.41, 5.74) is 1.03. The molecule has 156 valence electrons. The Balaban J connectivity index is 1.81. The summed E-state index contributed by atoms with van der Waals surface area (Å²) in [6.45, 7) is 6.80. The van der Waals surface area contributed by atoms with Crippen molar-refractivity contribution in [2.75, 3.05) is 6.54 Å². The van der Waals surface area contributed by atoms with Crippen molar-refractivity contribution in [1.82, 2.24) is 10.2 Å². The van der Waals surface area contributed by atoms with Crippen molar-refractivity contribution in [3.05, 3.63) is 60.7 Å².